The third kappa shape index (κ3) is 3.38. The highest BCUT2D eigenvalue weighted by atomic mass is 16.2. The first-order valence-corrected chi connectivity index (χ1v) is 7.93. The van der Waals surface area contributed by atoms with Crippen LogP contribution in [-0.2, 0) is 0 Å². The monoisotopic (exact) mass is 276 g/mol. The van der Waals surface area contributed by atoms with Crippen LogP contribution in [0.1, 0.15) is 74.2 Å². The molecule has 2 N–H and O–H groups in total. The Bertz CT molecular complexity index is 466. The predicted octanol–water partition coefficient (Wildman–Crippen LogP) is 2.63. The zero-order valence-corrected chi connectivity index (χ0v) is 12.2. The zero-order chi connectivity index (χ0) is 13.9. The van der Waals surface area contributed by atoms with Crippen molar-refractivity contribution in [2.75, 3.05) is 6.54 Å². The number of carbonyl (C=O) groups excluding carboxylic acids is 1. The molecule has 20 heavy (non-hydrogen) atoms. The van der Waals surface area contributed by atoms with E-state index >= 15 is 0 Å². The second-order valence-corrected chi connectivity index (χ2v) is 6.50. The van der Waals surface area contributed by atoms with Gasteiger partial charge in [-0.25, -0.2) is 4.98 Å². The highest BCUT2D eigenvalue weighted by Gasteiger charge is 2.28. The molecular weight excluding hydrogens is 252 g/mol. The third-order valence-corrected chi connectivity index (χ3v) is 4.55. The van der Waals surface area contributed by atoms with E-state index in [0.29, 0.717) is 11.7 Å². The van der Waals surface area contributed by atoms with Gasteiger partial charge in [0.25, 0.3) is 5.91 Å². The van der Waals surface area contributed by atoms with Crippen molar-refractivity contribution in [1.29, 1.82) is 0 Å². The van der Waals surface area contributed by atoms with Crippen molar-refractivity contribution in [2.45, 2.75) is 57.8 Å². The fourth-order valence-corrected chi connectivity index (χ4v) is 3.21. The van der Waals surface area contributed by atoms with Crippen molar-refractivity contribution in [3.63, 3.8) is 0 Å². The highest BCUT2D eigenvalue weighted by Crippen LogP contribution is 2.37. The van der Waals surface area contributed by atoms with Crippen LogP contribution >= 0.6 is 0 Å². The van der Waals surface area contributed by atoms with E-state index in [2.05, 4.69) is 27.4 Å². The minimum absolute atomic E-state index is 0.142. The number of rotatable bonds is 5. The summed E-state index contributed by atoms with van der Waals surface area (Å²) in [5, 5.41) is 9.83. The standard InChI is InChI=1S/C15H24N4O/c1-10-3-2-4-11(9-10)7-8-16-15(20)14-17-13(18-19-14)12-5-6-12/h10-12H,2-9H2,1H3,(H,16,20)(H,17,18,19). The number of H-pyrrole nitrogens is 1. The van der Waals surface area contributed by atoms with Gasteiger partial charge < -0.3 is 5.32 Å². The van der Waals surface area contributed by atoms with E-state index in [1.807, 2.05) is 0 Å². The molecule has 0 aliphatic heterocycles. The van der Waals surface area contributed by atoms with E-state index < -0.39 is 0 Å². The molecule has 0 saturated heterocycles. The molecule has 2 atom stereocenters. The molecule has 1 aromatic rings. The fourth-order valence-electron chi connectivity index (χ4n) is 3.21. The minimum Gasteiger partial charge on any atom is -0.349 e. The van der Waals surface area contributed by atoms with Gasteiger partial charge in [0.15, 0.2) is 0 Å². The van der Waals surface area contributed by atoms with Gasteiger partial charge >= 0.3 is 0 Å². The fraction of sp³-hybridized carbons (Fsp3) is 0.800. The number of nitrogens with one attached hydrogen (secondary N) is 2. The lowest BCUT2D eigenvalue weighted by molar-refractivity contribution is 0.0939. The van der Waals surface area contributed by atoms with Crippen molar-refractivity contribution < 1.29 is 4.79 Å². The molecule has 0 aromatic carbocycles. The maximum absolute atomic E-state index is 12.0. The Morgan fingerprint density at radius 3 is 2.95 bits per heavy atom. The summed E-state index contributed by atoms with van der Waals surface area (Å²) in [6.45, 7) is 3.07. The molecule has 2 unspecified atom stereocenters. The molecule has 3 rings (SSSR count). The lowest BCUT2D eigenvalue weighted by atomic mass is 9.81. The van der Waals surface area contributed by atoms with Crippen LogP contribution in [0.4, 0.5) is 0 Å². The van der Waals surface area contributed by atoms with Crippen LogP contribution in [0, 0.1) is 11.8 Å². The quantitative estimate of drug-likeness (QED) is 0.868. The Morgan fingerprint density at radius 1 is 1.35 bits per heavy atom. The molecule has 2 saturated carbocycles. The van der Waals surface area contributed by atoms with E-state index in [-0.39, 0.29) is 5.91 Å². The van der Waals surface area contributed by atoms with Crippen LogP contribution < -0.4 is 5.32 Å². The van der Waals surface area contributed by atoms with Gasteiger partial charge in [0.05, 0.1) is 0 Å². The van der Waals surface area contributed by atoms with Crippen LogP contribution in [0.3, 0.4) is 0 Å². The number of aromatic nitrogens is 3. The van der Waals surface area contributed by atoms with Crippen LogP contribution in [-0.4, -0.2) is 27.6 Å². The third-order valence-electron chi connectivity index (χ3n) is 4.55. The van der Waals surface area contributed by atoms with E-state index in [0.717, 1.165) is 43.5 Å². The highest BCUT2D eigenvalue weighted by molar-refractivity contribution is 5.90. The molecule has 1 amide bonds. The average molecular weight is 276 g/mol. The van der Waals surface area contributed by atoms with Crippen LogP contribution in [0.5, 0.6) is 0 Å². The summed E-state index contributed by atoms with van der Waals surface area (Å²) in [7, 11) is 0. The van der Waals surface area contributed by atoms with Gasteiger partial charge in [-0.2, -0.15) is 0 Å². The first kappa shape index (κ1) is 13.6. The summed E-state index contributed by atoms with van der Waals surface area (Å²) in [4.78, 5) is 16.2. The summed E-state index contributed by atoms with van der Waals surface area (Å²) in [5.41, 5.74) is 0. The Kier molecular flexibility index (Phi) is 4.03. The maximum Gasteiger partial charge on any atom is 0.290 e. The van der Waals surface area contributed by atoms with E-state index in [9.17, 15) is 4.79 Å². The van der Waals surface area contributed by atoms with Crippen molar-refractivity contribution in [2.24, 2.45) is 11.8 Å². The molecule has 0 bridgehead atoms. The molecule has 110 valence electrons. The molecule has 2 fully saturated rings. The Labute approximate surface area is 119 Å². The average Bonchev–Trinajstić information content (AvgIpc) is 3.16. The molecule has 1 heterocycles. The zero-order valence-electron chi connectivity index (χ0n) is 12.2. The molecule has 5 nitrogen and oxygen atoms in total. The van der Waals surface area contributed by atoms with Gasteiger partial charge in [0, 0.05) is 12.5 Å². The maximum atomic E-state index is 12.0. The van der Waals surface area contributed by atoms with Gasteiger partial charge in [0.1, 0.15) is 5.82 Å². The Balaban J connectivity index is 1.41. The molecule has 0 radical (unpaired) electrons. The van der Waals surface area contributed by atoms with Gasteiger partial charge in [-0.05, 0) is 37.5 Å². The van der Waals surface area contributed by atoms with Gasteiger partial charge in [-0.3, -0.25) is 9.89 Å². The van der Waals surface area contributed by atoms with Crippen molar-refractivity contribution in [3.05, 3.63) is 11.6 Å². The second-order valence-electron chi connectivity index (χ2n) is 6.50. The van der Waals surface area contributed by atoms with Crippen molar-refractivity contribution in [1.82, 2.24) is 20.5 Å². The number of amides is 1. The summed E-state index contributed by atoms with van der Waals surface area (Å²) in [6, 6.07) is 0. The molecular formula is C15H24N4O. The van der Waals surface area contributed by atoms with E-state index in [1.54, 1.807) is 0 Å². The lowest BCUT2D eigenvalue weighted by Crippen LogP contribution is -2.28. The lowest BCUT2D eigenvalue weighted by Gasteiger charge is -2.26. The SMILES string of the molecule is CC1CCCC(CCNC(=O)c2n[nH]c(C3CC3)n2)C1. The number of carbonyl (C=O) groups is 1. The normalized spacial score (nSPS) is 26.4. The number of nitrogens with zero attached hydrogens (tertiary/aromatic N) is 2. The Morgan fingerprint density at radius 2 is 2.20 bits per heavy atom. The second kappa shape index (κ2) is 5.94. The Hall–Kier alpha value is -1.39. The van der Waals surface area contributed by atoms with Gasteiger partial charge in [-0.1, -0.05) is 26.2 Å². The van der Waals surface area contributed by atoms with Crippen LogP contribution in [0.2, 0.25) is 0 Å². The summed E-state index contributed by atoms with van der Waals surface area (Å²) in [6.07, 6.45) is 8.73. The summed E-state index contributed by atoms with van der Waals surface area (Å²) >= 11 is 0. The van der Waals surface area contributed by atoms with Crippen molar-refractivity contribution in [3.8, 4) is 0 Å². The molecule has 0 spiro atoms. The first-order chi connectivity index (χ1) is 9.72. The molecule has 2 aliphatic rings. The summed E-state index contributed by atoms with van der Waals surface area (Å²) in [5.74, 6) is 3.15. The molecule has 5 heteroatoms. The van der Waals surface area contributed by atoms with Gasteiger partial charge in [0.2, 0.25) is 5.82 Å². The number of hydrogen-bond donors (Lipinski definition) is 2. The summed E-state index contributed by atoms with van der Waals surface area (Å²) < 4.78 is 0. The van der Waals surface area contributed by atoms with E-state index in [1.165, 1.54) is 25.7 Å². The minimum atomic E-state index is -0.142. The predicted molar refractivity (Wildman–Crippen MR) is 76.4 cm³/mol. The van der Waals surface area contributed by atoms with E-state index in [4.69, 9.17) is 0 Å². The first-order valence-electron chi connectivity index (χ1n) is 7.93. The number of hydrogen-bond acceptors (Lipinski definition) is 3. The van der Waals surface area contributed by atoms with Crippen molar-refractivity contribution >= 4 is 5.91 Å². The van der Waals surface area contributed by atoms with Gasteiger partial charge in [-0.15, -0.1) is 5.10 Å². The number of aromatic amines is 1. The largest absolute Gasteiger partial charge is 0.349 e. The van der Waals surface area contributed by atoms with Crippen LogP contribution in [0.25, 0.3) is 0 Å². The topological polar surface area (TPSA) is 70.7 Å². The molecule has 2 aliphatic carbocycles. The van der Waals surface area contributed by atoms with Crippen LogP contribution in [0.15, 0.2) is 0 Å². The molecule has 1 aromatic heterocycles. The smallest absolute Gasteiger partial charge is 0.290 e.